The van der Waals surface area contributed by atoms with Gasteiger partial charge < -0.3 is 9.69 Å². The molecule has 4 nitrogen and oxygen atoms in total. The number of aldehydes is 1. The number of likely N-dealkylation sites (N-methyl/N-ethyl adjacent to an activating group) is 1. The normalized spacial score (nSPS) is 24.9. The maximum atomic E-state index is 11.7. The van der Waals surface area contributed by atoms with Crippen molar-refractivity contribution >= 4 is 6.29 Å². The highest BCUT2D eigenvalue weighted by Crippen LogP contribution is 2.34. The quantitative estimate of drug-likeness (QED) is 0.550. The zero-order chi connectivity index (χ0) is 15.1. The molecule has 2 aliphatic rings. The summed E-state index contributed by atoms with van der Waals surface area (Å²) < 4.78 is 0. The van der Waals surface area contributed by atoms with Crippen molar-refractivity contribution in [1.29, 1.82) is 0 Å². The van der Waals surface area contributed by atoms with E-state index >= 15 is 0 Å². The van der Waals surface area contributed by atoms with Gasteiger partial charge in [0, 0.05) is 51.2 Å². The summed E-state index contributed by atoms with van der Waals surface area (Å²) in [5, 5.41) is 0. The van der Waals surface area contributed by atoms with Gasteiger partial charge >= 0.3 is 0 Å². The molecule has 4 heteroatoms. The Bertz CT molecular complexity index is 303. The summed E-state index contributed by atoms with van der Waals surface area (Å²) in [6.07, 6.45) is 8.61. The van der Waals surface area contributed by atoms with Crippen molar-refractivity contribution in [2.45, 2.75) is 38.5 Å². The van der Waals surface area contributed by atoms with Crippen molar-refractivity contribution in [3.8, 4) is 0 Å². The third-order valence-electron chi connectivity index (χ3n) is 5.22. The van der Waals surface area contributed by atoms with Gasteiger partial charge in [-0.2, -0.15) is 0 Å². The molecule has 0 radical (unpaired) electrons. The summed E-state index contributed by atoms with van der Waals surface area (Å²) in [6.45, 7) is 7.87. The smallest absolute Gasteiger partial charge is 0.127 e. The average Bonchev–Trinajstić information content (AvgIpc) is 2.73. The summed E-state index contributed by atoms with van der Waals surface area (Å²) in [6, 6.07) is 0. The summed E-state index contributed by atoms with van der Waals surface area (Å²) in [7, 11) is 4.27. The second-order valence-corrected chi connectivity index (χ2v) is 7.32. The monoisotopic (exact) mass is 295 g/mol. The Kier molecular flexibility index (Phi) is 6.65. The molecule has 21 heavy (non-hydrogen) atoms. The molecule has 1 aliphatic heterocycles. The zero-order valence-corrected chi connectivity index (χ0v) is 14.0. The summed E-state index contributed by atoms with van der Waals surface area (Å²) >= 11 is 0. The minimum Gasteiger partial charge on any atom is -0.308 e. The Labute approximate surface area is 130 Å². The number of carbonyl (C=O) groups excluding carboxylic acids is 1. The van der Waals surface area contributed by atoms with Crippen LogP contribution >= 0.6 is 0 Å². The van der Waals surface area contributed by atoms with Gasteiger partial charge in [0.15, 0.2) is 0 Å². The second-order valence-electron chi connectivity index (χ2n) is 7.32. The molecule has 0 unspecified atom stereocenters. The van der Waals surface area contributed by atoms with Crippen LogP contribution in [0.2, 0.25) is 0 Å². The van der Waals surface area contributed by atoms with Crippen molar-refractivity contribution in [1.82, 2.24) is 14.7 Å². The first-order valence-corrected chi connectivity index (χ1v) is 8.69. The van der Waals surface area contributed by atoms with Gasteiger partial charge in [-0.1, -0.05) is 25.7 Å². The molecule has 0 N–H and O–H groups in total. The maximum absolute atomic E-state index is 11.7. The van der Waals surface area contributed by atoms with Gasteiger partial charge in [0.05, 0.1) is 0 Å². The Morgan fingerprint density at radius 3 is 2.05 bits per heavy atom. The summed E-state index contributed by atoms with van der Waals surface area (Å²) in [5.41, 5.74) is -0.0394. The fraction of sp³-hybridized carbons (Fsp3) is 0.941. The van der Waals surface area contributed by atoms with E-state index in [1.807, 2.05) is 0 Å². The fourth-order valence-corrected chi connectivity index (χ4v) is 3.70. The lowest BCUT2D eigenvalue weighted by Crippen LogP contribution is -2.51. The van der Waals surface area contributed by atoms with Crippen LogP contribution in [0.1, 0.15) is 38.5 Å². The lowest BCUT2D eigenvalue weighted by molar-refractivity contribution is -0.118. The lowest BCUT2D eigenvalue weighted by Gasteiger charge is -2.39. The molecule has 1 heterocycles. The van der Waals surface area contributed by atoms with E-state index in [4.69, 9.17) is 0 Å². The van der Waals surface area contributed by atoms with Gasteiger partial charge in [0.1, 0.15) is 6.29 Å². The van der Waals surface area contributed by atoms with E-state index in [-0.39, 0.29) is 5.41 Å². The van der Waals surface area contributed by atoms with Crippen LogP contribution < -0.4 is 0 Å². The molecule has 0 aromatic rings. The molecule has 122 valence electrons. The lowest BCUT2D eigenvalue weighted by atomic mass is 9.81. The van der Waals surface area contributed by atoms with Gasteiger partial charge in [-0.15, -0.1) is 0 Å². The van der Waals surface area contributed by atoms with E-state index in [1.165, 1.54) is 38.5 Å². The summed E-state index contributed by atoms with van der Waals surface area (Å²) in [4.78, 5) is 19.0. The predicted molar refractivity (Wildman–Crippen MR) is 87.6 cm³/mol. The average molecular weight is 295 g/mol. The minimum atomic E-state index is -0.0394. The van der Waals surface area contributed by atoms with Crippen molar-refractivity contribution in [2.24, 2.45) is 5.41 Å². The number of nitrogens with zero attached hydrogens (tertiary/aromatic N) is 3. The Hall–Kier alpha value is -0.450. The minimum absolute atomic E-state index is 0.0394. The van der Waals surface area contributed by atoms with Gasteiger partial charge in [-0.05, 0) is 26.9 Å². The number of hydrogen-bond donors (Lipinski definition) is 0. The molecular weight excluding hydrogens is 262 g/mol. The third kappa shape index (κ3) is 5.35. The van der Waals surface area contributed by atoms with Crippen LogP contribution in [-0.2, 0) is 4.79 Å². The predicted octanol–water partition coefficient (Wildman–Crippen LogP) is 1.71. The maximum Gasteiger partial charge on any atom is 0.127 e. The molecule has 0 amide bonds. The highest BCUT2D eigenvalue weighted by Gasteiger charge is 2.33. The molecule has 0 aromatic carbocycles. The van der Waals surface area contributed by atoms with Crippen LogP contribution in [0.5, 0.6) is 0 Å². The third-order valence-corrected chi connectivity index (χ3v) is 5.22. The van der Waals surface area contributed by atoms with Crippen LogP contribution in [0.25, 0.3) is 0 Å². The molecule has 0 bridgehead atoms. The molecule has 0 atom stereocenters. The molecule has 2 fully saturated rings. The molecule has 1 saturated carbocycles. The topological polar surface area (TPSA) is 26.8 Å². The molecule has 1 aliphatic carbocycles. The standard InChI is InChI=1S/C17H33N3O/c1-18(2)9-10-19-11-13-20(14-12-19)15-17(16-21)7-5-3-4-6-8-17/h16H,3-15H2,1-2H3. The van der Waals surface area contributed by atoms with Crippen molar-refractivity contribution in [2.75, 3.05) is 59.9 Å². The molecule has 0 spiro atoms. The number of carbonyl (C=O) groups is 1. The Morgan fingerprint density at radius 2 is 1.52 bits per heavy atom. The van der Waals surface area contributed by atoms with Gasteiger partial charge in [-0.25, -0.2) is 0 Å². The van der Waals surface area contributed by atoms with Gasteiger partial charge in [-0.3, -0.25) is 9.80 Å². The first-order valence-electron chi connectivity index (χ1n) is 8.69. The fourth-order valence-electron chi connectivity index (χ4n) is 3.70. The zero-order valence-electron chi connectivity index (χ0n) is 14.0. The van der Waals surface area contributed by atoms with E-state index in [2.05, 4.69) is 28.8 Å². The van der Waals surface area contributed by atoms with Crippen molar-refractivity contribution < 1.29 is 4.79 Å². The summed E-state index contributed by atoms with van der Waals surface area (Å²) in [5.74, 6) is 0. The van der Waals surface area contributed by atoms with E-state index in [0.717, 1.165) is 52.1 Å². The molecule has 0 aromatic heterocycles. The first-order chi connectivity index (χ1) is 10.1. The highest BCUT2D eigenvalue weighted by molar-refractivity contribution is 5.59. The Balaban J connectivity index is 1.77. The van der Waals surface area contributed by atoms with Crippen LogP contribution in [0.4, 0.5) is 0 Å². The largest absolute Gasteiger partial charge is 0.308 e. The van der Waals surface area contributed by atoms with E-state index in [9.17, 15) is 4.79 Å². The van der Waals surface area contributed by atoms with Crippen molar-refractivity contribution in [3.05, 3.63) is 0 Å². The molecular formula is C17H33N3O. The van der Waals surface area contributed by atoms with Crippen molar-refractivity contribution in [3.63, 3.8) is 0 Å². The van der Waals surface area contributed by atoms with Crippen LogP contribution in [0, 0.1) is 5.41 Å². The van der Waals surface area contributed by atoms with Crippen LogP contribution in [0.15, 0.2) is 0 Å². The highest BCUT2D eigenvalue weighted by atomic mass is 16.1. The van der Waals surface area contributed by atoms with Gasteiger partial charge in [0.25, 0.3) is 0 Å². The molecule has 2 rings (SSSR count). The number of piperazine rings is 1. The van der Waals surface area contributed by atoms with E-state index in [0.29, 0.717) is 0 Å². The molecule has 1 saturated heterocycles. The number of hydrogen-bond acceptors (Lipinski definition) is 4. The van der Waals surface area contributed by atoms with Crippen LogP contribution in [0.3, 0.4) is 0 Å². The van der Waals surface area contributed by atoms with Gasteiger partial charge in [0.2, 0.25) is 0 Å². The van der Waals surface area contributed by atoms with E-state index < -0.39 is 0 Å². The SMILES string of the molecule is CN(C)CCN1CCN(CC2(C=O)CCCCCC2)CC1. The van der Waals surface area contributed by atoms with E-state index in [1.54, 1.807) is 0 Å². The van der Waals surface area contributed by atoms with Crippen LogP contribution in [-0.4, -0.2) is 80.9 Å². The second kappa shape index (κ2) is 8.25. The Morgan fingerprint density at radius 1 is 0.952 bits per heavy atom. The number of rotatable bonds is 6. The first kappa shape index (κ1) is 16.9.